The third kappa shape index (κ3) is 3.27. The van der Waals surface area contributed by atoms with Crippen molar-refractivity contribution in [2.45, 2.75) is 71.1 Å². The molecule has 0 heteroatoms. The molecule has 0 amide bonds. The Morgan fingerprint density at radius 2 is 1.40 bits per heavy atom. The zero-order chi connectivity index (χ0) is 13.9. The second-order valence-corrected chi connectivity index (χ2v) is 7.14. The van der Waals surface area contributed by atoms with Gasteiger partial charge in [0.25, 0.3) is 0 Å². The molecule has 0 saturated heterocycles. The molecule has 0 bridgehead atoms. The number of hydrogen-bond donors (Lipinski definition) is 0. The highest BCUT2D eigenvalue weighted by atomic mass is 14.3. The van der Waals surface area contributed by atoms with Gasteiger partial charge in [-0.15, -0.1) is 0 Å². The third-order valence-electron chi connectivity index (χ3n) is 5.51. The zero-order valence-electron chi connectivity index (χ0n) is 13.1. The molecule has 1 aromatic carbocycles. The molecule has 0 spiro atoms. The molecule has 0 aliphatic heterocycles. The van der Waals surface area contributed by atoms with Gasteiger partial charge in [0.15, 0.2) is 0 Å². The van der Waals surface area contributed by atoms with E-state index in [1.165, 1.54) is 56.9 Å². The van der Waals surface area contributed by atoms with Crippen molar-refractivity contribution in [2.75, 3.05) is 0 Å². The summed E-state index contributed by atoms with van der Waals surface area (Å²) < 4.78 is 0. The van der Waals surface area contributed by atoms with Crippen LogP contribution in [0.25, 0.3) is 0 Å². The Balaban J connectivity index is 1.62. The second kappa shape index (κ2) is 6.33. The normalized spacial score (nSPS) is 24.1. The Bertz CT molecular complexity index is 359. The summed E-state index contributed by atoms with van der Waals surface area (Å²) in [4.78, 5) is 0. The van der Waals surface area contributed by atoms with Crippen LogP contribution in [0.1, 0.15) is 82.3 Å². The van der Waals surface area contributed by atoms with E-state index in [0.717, 1.165) is 11.8 Å². The first-order valence-corrected chi connectivity index (χ1v) is 8.48. The monoisotopic (exact) mass is 268 g/mol. The molecule has 0 N–H and O–H groups in total. The molecular weight excluding hydrogens is 240 g/mol. The fourth-order valence-corrected chi connectivity index (χ4v) is 3.83. The van der Waals surface area contributed by atoms with Crippen LogP contribution in [0.3, 0.4) is 0 Å². The van der Waals surface area contributed by atoms with Gasteiger partial charge >= 0.3 is 0 Å². The minimum absolute atomic E-state index is 0.809. The largest absolute Gasteiger partial charge is 0.0625 e. The van der Waals surface area contributed by atoms with Gasteiger partial charge < -0.3 is 0 Å². The van der Waals surface area contributed by atoms with Crippen LogP contribution in [0.15, 0.2) is 24.3 Å². The standard InChI is InChI=1S/C20H28/c1-15-3-7-17(8-4-15)19-11-13-20(14-12-19)18-9-5-16(2)6-10-18/h11-15,18H,3-10H2,1-2H3. The van der Waals surface area contributed by atoms with E-state index >= 15 is 0 Å². The lowest BCUT2D eigenvalue weighted by atomic mass is 9.77. The molecular formula is C20H28. The third-order valence-corrected chi connectivity index (χ3v) is 5.51. The van der Waals surface area contributed by atoms with E-state index in [2.05, 4.69) is 38.1 Å². The second-order valence-electron chi connectivity index (χ2n) is 7.14. The first kappa shape index (κ1) is 14.2. The van der Waals surface area contributed by atoms with Crippen LogP contribution in [0, 0.1) is 17.8 Å². The number of benzene rings is 1. The summed E-state index contributed by atoms with van der Waals surface area (Å²) in [6, 6.07) is 9.61. The topological polar surface area (TPSA) is 0 Å². The first-order chi connectivity index (χ1) is 9.72. The SMILES string of the molecule is C[C]1CCC(c2ccc([C]3CCC(C)CC3)cc2)CC1. The van der Waals surface area contributed by atoms with Gasteiger partial charge in [-0.1, -0.05) is 38.1 Å². The molecule has 0 atom stereocenters. The molecule has 2 radical (unpaired) electrons. The van der Waals surface area contributed by atoms with E-state index in [-0.39, 0.29) is 0 Å². The average molecular weight is 268 g/mol. The summed E-state index contributed by atoms with van der Waals surface area (Å²) in [5.41, 5.74) is 3.09. The molecule has 1 aromatic rings. The predicted molar refractivity (Wildman–Crippen MR) is 86.5 cm³/mol. The van der Waals surface area contributed by atoms with Gasteiger partial charge in [-0.2, -0.15) is 0 Å². The van der Waals surface area contributed by atoms with Crippen LogP contribution < -0.4 is 0 Å². The van der Waals surface area contributed by atoms with E-state index < -0.39 is 0 Å². The number of rotatable bonds is 2. The summed E-state index contributed by atoms with van der Waals surface area (Å²) in [7, 11) is 0. The highest BCUT2D eigenvalue weighted by Gasteiger charge is 2.22. The summed E-state index contributed by atoms with van der Waals surface area (Å²) in [5.74, 6) is 5.14. The Labute approximate surface area is 125 Å². The van der Waals surface area contributed by atoms with E-state index in [0.29, 0.717) is 0 Å². The van der Waals surface area contributed by atoms with Crippen molar-refractivity contribution in [3.8, 4) is 0 Å². The van der Waals surface area contributed by atoms with Gasteiger partial charge in [0.2, 0.25) is 0 Å². The Morgan fingerprint density at radius 3 is 2.00 bits per heavy atom. The zero-order valence-corrected chi connectivity index (χ0v) is 13.1. The summed E-state index contributed by atoms with van der Waals surface area (Å²) in [5, 5.41) is 0. The van der Waals surface area contributed by atoms with Gasteiger partial charge in [-0.3, -0.25) is 0 Å². The van der Waals surface area contributed by atoms with Crippen molar-refractivity contribution in [1.29, 1.82) is 0 Å². The quantitative estimate of drug-likeness (QED) is 0.610. The van der Waals surface area contributed by atoms with Crippen molar-refractivity contribution in [3.05, 3.63) is 47.2 Å². The van der Waals surface area contributed by atoms with Crippen molar-refractivity contribution in [2.24, 2.45) is 5.92 Å². The lowest BCUT2D eigenvalue weighted by molar-refractivity contribution is 0.416. The Morgan fingerprint density at radius 1 is 0.800 bits per heavy atom. The lowest BCUT2D eigenvalue weighted by Crippen LogP contribution is -2.12. The lowest BCUT2D eigenvalue weighted by Gasteiger charge is -2.28. The Kier molecular flexibility index (Phi) is 4.48. The molecule has 2 aliphatic carbocycles. The van der Waals surface area contributed by atoms with Crippen molar-refractivity contribution >= 4 is 0 Å². The Hall–Kier alpha value is -0.780. The van der Waals surface area contributed by atoms with Crippen LogP contribution in [-0.4, -0.2) is 0 Å². The minimum Gasteiger partial charge on any atom is -0.0625 e. The molecule has 0 aromatic heterocycles. The van der Waals surface area contributed by atoms with E-state index in [1.54, 1.807) is 17.4 Å². The van der Waals surface area contributed by atoms with Crippen LogP contribution in [0.4, 0.5) is 0 Å². The highest BCUT2D eigenvalue weighted by Crippen LogP contribution is 2.38. The van der Waals surface area contributed by atoms with Crippen LogP contribution in [-0.2, 0) is 0 Å². The molecule has 0 heterocycles. The van der Waals surface area contributed by atoms with Gasteiger partial charge in [0.05, 0.1) is 0 Å². The summed E-state index contributed by atoms with van der Waals surface area (Å²) in [6.45, 7) is 4.71. The fraction of sp³-hybridized carbons (Fsp3) is 0.600. The maximum absolute atomic E-state index is 2.41. The maximum Gasteiger partial charge on any atom is 0.00500 e. The molecule has 3 rings (SSSR count). The molecule has 0 nitrogen and oxygen atoms in total. The molecule has 108 valence electrons. The van der Waals surface area contributed by atoms with Crippen molar-refractivity contribution in [1.82, 2.24) is 0 Å². The van der Waals surface area contributed by atoms with Crippen LogP contribution in [0.5, 0.6) is 0 Å². The van der Waals surface area contributed by atoms with Crippen molar-refractivity contribution < 1.29 is 0 Å². The minimum atomic E-state index is 0.809. The maximum atomic E-state index is 2.41. The van der Waals surface area contributed by atoms with Gasteiger partial charge in [-0.25, -0.2) is 0 Å². The summed E-state index contributed by atoms with van der Waals surface area (Å²) >= 11 is 0. The van der Waals surface area contributed by atoms with Gasteiger partial charge in [0, 0.05) is 5.92 Å². The molecule has 2 fully saturated rings. The average Bonchev–Trinajstić information content (AvgIpc) is 2.49. The van der Waals surface area contributed by atoms with Crippen LogP contribution >= 0.6 is 0 Å². The summed E-state index contributed by atoms with van der Waals surface area (Å²) in [6.07, 6.45) is 10.8. The van der Waals surface area contributed by atoms with Crippen molar-refractivity contribution in [3.63, 3.8) is 0 Å². The van der Waals surface area contributed by atoms with Gasteiger partial charge in [-0.05, 0) is 80.2 Å². The van der Waals surface area contributed by atoms with E-state index in [9.17, 15) is 0 Å². The van der Waals surface area contributed by atoms with E-state index in [1.807, 2.05) is 0 Å². The van der Waals surface area contributed by atoms with Gasteiger partial charge in [0.1, 0.15) is 0 Å². The molecule has 2 aliphatic rings. The van der Waals surface area contributed by atoms with Crippen LogP contribution in [0.2, 0.25) is 0 Å². The van der Waals surface area contributed by atoms with E-state index in [4.69, 9.17) is 0 Å². The first-order valence-electron chi connectivity index (χ1n) is 8.48. The number of hydrogen-bond acceptors (Lipinski definition) is 0. The smallest absolute Gasteiger partial charge is 0.00500 e. The highest BCUT2D eigenvalue weighted by molar-refractivity contribution is 5.35. The molecule has 2 saturated carbocycles. The molecule has 20 heavy (non-hydrogen) atoms. The predicted octanol–water partition coefficient (Wildman–Crippen LogP) is 6.07. The molecule has 0 unspecified atom stereocenters. The fourth-order valence-electron chi connectivity index (χ4n) is 3.83.